The van der Waals surface area contributed by atoms with Crippen molar-refractivity contribution in [3.8, 4) is 0 Å². The van der Waals surface area contributed by atoms with Crippen LogP contribution in [0.5, 0.6) is 0 Å². The fourth-order valence-electron chi connectivity index (χ4n) is 2.58. The number of halogens is 2. The fourth-order valence-corrected chi connectivity index (χ4v) is 4.16. The first-order chi connectivity index (χ1) is 10.0. The summed E-state index contributed by atoms with van der Waals surface area (Å²) in [4.78, 5) is 12.4. The minimum Gasteiger partial charge on any atom is -0.378 e. The molecule has 21 heavy (non-hydrogen) atoms. The number of anilines is 2. The van der Waals surface area contributed by atoms with Gasteiger partial charge in [0.25, 0.3) is 0 Å². The highest BCUT2D eigenvalue weighted by atomic mass is 35.5. The zero-order valence-electron chi connectivity index (χ0n) is 11.4. The summed E-state index contributed by atoms with van der Waals surface area (Å²) in [6, 6.07) is 7.87. The van der Waals surface area contributed by atoms with Gasteiger partial charge in [-0.15, -0.1) is 11.3 Å². The lowest BCUT2D eigenvalue weighted by molar-refractivity contribution is -0.114. The first-order valence-electron chi connectivity index (χ1n) is 6.64. The van der Waals surface area contributed by atoms with E-state index in [9.17, 15) is 4.79 Å². The lowest BCUT2D eigenvalue weighted by Crippen LogP contribution is -2.08. The van der Waals surface area contributed by atoms with Crippen LogP contribution < -0.4 is 10.6 Å². The monoisotopic (exact) mass is 340 g/mol. The smallest absolute Gasteiger partial charge is 0.221 e. The van der Waals surface area contributed by atoms with Gasteiger partial charge in [0.1, 0.15) is 0 Å². The van der Waals surface area contributed by atoms with Crippen molar-refractivity contribution >= 4 is 51.8 Å². The van der Waals surface area contributed by atoms with Crippen LogP contribution in [0.2, 0.25) is 9.36 Å². The van der Waals surface area contributed by atoms with Crippen molar-refractivity contribution in [2.75, 3.05) is 10.6 Å². The second-order valence-electron chi connectivity index (χ2n) is 5.04. The molecule has 0 saturated heterocycles. The molecule has 0 saturated carbocycles. The first kappa shape index (κ1) is 14.7. The zero-order chi connectivity index (χ0) is 15.0. The van der Waals surface area contributed by atoms with E-state index < -0.39 is 0 Å². The summed E-state index contributed by atoms with van der Waals surface area (Å²) in [5.41, 5.74) is 2.85. The second-order valence-corrected chi connectivity index (χ2v) is 7.22. The number of benzene rings is 1. The fraction of sp³-hybridized carbons (Fsp3) is 0.267. The van der Waals surface area contributed by atoms with Gasteiger partial charge >= 0.3 is 0 Å². The molecular weight excluding hydrogens is 327 g/mol. The maximum absolute atomic E-state index is 11.1. The van der Waals surface area contributed by atoms with E-state index in [0.29, 0.717) is 10.7 Å². The predicted octanol–water partition coefficient (Wildman–Crippen LogP) is 5.11. The van der Waals surface area contributed by atoms with Crippen LogP contribution in [0.15, 0.2) is 24.3 Å². The highest BCUT2D eigenvalue weighted by molar-refractivity contribution is 7.16. The van der Waals surface area contributed by atoms with E-state index >= 15 is 0 Å². The predicted molar refractivity (Wildman–Crippen MR) is 89.8 cm³/mol. The Morgan fingerprint density at radius 3 is 2.86 bits per heavy atom. The molecule has 0 spiro atoms. The SMILES string of the molecule is CC(=O)Nc1ccc(NC2CCc3sc(Cl)cc32)cc1Cl. The molecule has 1 aromatic carbocycles. The van der Waals surface area contributed by atoms with Crippen molar-refractivity contribution in [3.05, 3.63) is 44.1 Å². The van der Waals surface area contributed by atoms with Crippen LogP contribution in [-0.2, 0) is 11.2 Å². The normalized spacial score (nSPS) is 16.6. The minimum absolute atomic E-state index is 0.133. The molecule has 3 rings (SSSR count). The lowest BCUT2D eigenvalue weighted by atomic mass is 10.1. The molecule has 1 heterocycles. The quantitative estimate of drug-likeness (QED) is 0.814. The third-order valence-electron chi connectivity index (χ3n) is 3.47. The number of carbonyl (C=O) groups excluding carboxylic acids is 1. The van der Waals surface area contributed by atoms with Crippen molar-refractivity contribution in [1.29, 1.82) is 0 Å². The molecule has 0 radical (unpaired) electrons. The van der Waals surface area contributed by atoms with Gasteiger partial charge in [-0.05, 0) is 42.7 Å². The molecule has 2 N–H and O–H groups in total. The van der Waals surface area contributed by atoms with Gasteiger partial charge in [-0.3, -0.25) is 4.79 Å². The van der Waals surface area contributed by atoms with Gasteiger partial charge in [0, 0.05) is 17.5 Å². The van der Waals surface area contributed by atoms with Crippen molar-refractivity contribution in [3.63, 3.8) is 0 Å². The number of nitrogens with one attached hydrogen (secondary N) is 2. The van der Waals surface area contributed by atoms with E-state index in [4.69, 9.17) is 23.2 Å². The largest absolute Gasteiger partial charge is 0.378 e. The number of fused-ring (bicyclic) bond motifs is 1. The molecule has 2 aromatic rings. The highest BCUT2D eigenvalue weighted by Gasteiger charge is 2.25. The molecule has 0 bridgehead atoms. The Balaban J connectivity index is 1.77. The molecule has 0 aliphatic heterocycles. The Kier molecular flexibility index (Phi) is 4.11. The van der Waals surface area contributed by atoms with Crippen LogP contribution in [0.4, 0.5) is 11.4 Å². The van der Waals surface area contributed by atoms with E-state index in [2.05, 4.69) is 10.6 Å². The van der Waals surface area contributed by atoms with E-state index in [1.807, 2.05) is 24.3 Å². The second kappa shape index (κ2) is 5.87. The molecule has 110 valence electrons. The summed E-state index contributed by atoms with van der Waals surface area (Å²) in [5.74, 6) is -0.133. The van der Waals surface area contributed by atoms with Crippen molar-refractivity contribution in [2.45, 2.75) is 25.8 Å². The van der Waals surface area contributed by atoms with Gasteiger partial charge < -0.3 is 10.6 Å². The minimum atomic E-state index is -0.133. The summed E-state index contributed by atoms with van der Waals surface area (Å²) in [7, 11) is 0. The maximum Gasteiger partial charge on any atom is 0.221 e. The number of carbonyl (C=O) groups is 1. The van der Waals surface area contributed by atoms with Gasteiger partial charge in [0.05, 0.1) is 21.1 Å². The Morgan fingerprint density at radius 1 is 1.33 bits per heavy atom. The van der Waals surface area contributed by atoms with Crippen molar-refractivity contribution in [1.82, 2.24) is 0 Å². The van der Waals surface area contributed by atoms with Crippen molar-refractivity contribution in [2.24, 2.45) is 0 Å². The Labute approximate surface area is 137 Å². The molecule has 1 amide bonds. The molecule has 1 aromatic heterocycles. The average molecular weight is 341 g/mol. The summed E-state index contributed by atoms with van der Waals surface area (Å²) in [6.45, 7) is 1.46. The third-order valence-corrected chi connectivity index (χ3v) is 5.12. The van der Waals surface area contributed by atoms with Crippen LogP contribution in [-0.4, -0.2) is 5.91 Å². The standard InChI is InChI=1S/C15H14Cl2N2OS/c1-8(20)18-13-3-2-9(6-11(13)16)19-12-4-5-14-10(12)7-15(17)21-14/h2-3,6-7,12,19H,4-5H2,1H3,(H,18,20). The molecule has 1 unspecified atom stereocenters. The number of hydrogen-bond donors (Lipinski definition) is 2. The third kappa shape index (κ3) is 3.18. The Bertz CT molecular complexity index is 699. The molecule has 1 aliphatic rings. The highest BCUT2D eigenvalue weighted by Crippen LogP contribution is 2.41. The molecule has 3 nitrogen and oxygen atoms in total. The lowest BCUT2D eigenvalue weighted by Gasteiger charge is -2.16. The molecule has 6 heteroatoms. The van der Waals surface area contributed by atoms with Crippen LogP contribution in [0.1, 0.15) is 29.8 Å². The molecule has 0 fully saturated rings. The summed E-state index contributed by atoms with van der Waals surface area (Å²) in [5, 5.41) is 6.71. The van der Waals surface area contributed by atoms with E-state index in [1.54, 1.807) is 11.3 Å². The van der Waals surface area contributed by atoms with Crippen LogP contribution in [0, 0.1) is 0 Å². The number of rotatable bonds is 3. The Morgan fingerprint density at radius 2 is 2.14 bits per heavy atom. The summed E-state index contributed by atoms with van der Waals surface area (Å²) < 4.78 is 0.838. The number of hydrogen-bond acceptors (Lipinski definition) is 3. The van der Waals surface area contributed by atoms with Crippen LogP contribution in [0.25, 0.3) is 0 Å². The van der Waals surface area contributed by atoms with Gasteiger partial charge in [-0.2, -0.15) is 0 Å². The van der Waals surface area contributed by atoms with Crippen molar-refractivity contribution < 1.29 is 4.79 Å². The number of thiophene rings is 1. The summed E-state index contributed by atoms with van der Waals surface area (Å²) in [6.07, 6.45) is 2.12. The van der Waals surface area contributed by atoms with Gasteiger partial charge in [-0.25, -0.2) is 0 Å². The molecule has 1 aliphatic carbocycles. The number of amides is 1. The zero-order valence-corrected chi connectivity index (χ0v) is 13.7. The first-order valence-corrected chi connectivity index (χ1v) is 8.22. The van der Waals surface area contributed by atoms with Crippen LogP contribution in [0.3, 0.4) is 0 Å². The van der Waals surface area contributed by atoms with Gasteiger partial charge in [0.15, 0.2) is 0 Å². The van der Waals surface area contributed by atoms with Gasteiger partial charge in [-0.1, -0.05) is 23.2 Å². The summed E-state index contributed by atoms with van der Waals surface area (Å²) >= 11 is 13.9. The van der Waals surface area contributed by atoms with E-state index in [-0.39, 0.29) is 11.9 Å². The molecule has 1 atom stereocenters. The van der Waals surface area contributed by atoms with E-state index in [1.165, 1.54) is 17.4 Å². The topological polar surface area (TPSA) is 41.1 Å². The molecular formula is C15H14Cl2N2OS. The van der Waals surface area contributed by atoms with Gasteiger partial charge in [0.2, 0.25) is 5.91 Å². The number of aryl methyl sites for hydroxylation is 1. The maximum atomic E-state index is 11.1. The van der Waals surface area contributed by atoms with Crippen LogP contribution >= 0.6 is 34.5 Å². The Hall–Kier alpha value is -1.23. The average Bonchev–Trinajstić information content (AvgIpc) is 2.93. The van der Waals surface area contributed by atoms with E-state index in [0.717, 1.165) is 22.9 Å².